The quantitative estimate of drug-likeness (QED) is 0.244. The minimum absolute atomic E-state index is 0.276. The van der Waals surface area contributed by atoms with Crippen molar-refractivity contribution in [2.75, 3.05) is 14.2 Å². The van der Waals surface area contributed by atoms with Crippen LogP contribution >= 0.6 is 0 Å². The van der Waals surface area contributed by atoms with Crippen molar-refractivity contribution in [3.63, 3.8) is 0 Å². The Morgan fingerprint density at radius 1 is 0.750 bits per heavy atom. The molecule has 5 heteroatoms. The smallest absolute Gasteiger partial charge is 0.310 e. The Kier molecular flexibility index (Phi) is 6.26. The fourth-order valence-corrected chi connectivity index (χ4v) is 3.43. The first kappa shape index (κ1) is 21.2. The molecule has 0 unspecified atom stereocenters. The zero-order valence-electron chi connectivity index (χ0n) is 18.3. The lowest BCUT2D eigenvalue weighted by Crippen LogP contribution is -2.05. The molecule has 32 heavy (non-hydrogen) atoms. The van der Waals surface area contributed by atoms with E-state index in [2.05, 4.69) is 0 Å². The zero-order valence-corrected chi connectivity index (χ0v) is 18.3. The second-order valence-electron chi connectivity index (χ2n) is 7.16. The van der Waals surface area contributed by atoms with Gasteiger partial charge in [-0.05, 0) is 71.6 Å². The maximum Gasteiger partial charge on any atom is 0.310 e. The third-order valence-electron chi connectivity index (χ3n) is 5.12. The van der Waals surface area contributed by atoms with E-state index in [0.29, 0.717) is 17.9 Å². The van der Waals surface area contributed by atoms with Crippen LogP contribution in [0, 0.1) is 0 Å². The van der Waals surface area contributed by atoms with Gasteiger partial charge in [0.05, 0.1) is 14.2 Å². The highest BCUT2D eigenvalue weighted by molar-refractivity contribution is 5.96. The molecular formula is C27H24O5. The molecule has 0 amide bonds. The summed E-state index contributed by atoms with van der Waals surface area (Å²) in [4.78, 5) is 11.5. The Morgan fingerprint density at radius 3 is 2.16 bits per heavy atom. The third-order valence-corrected chi connectivity index (χ3v) is 5.12. The van der Waals surface area contributed by atoms with Gasteiger partial charge in [-0.2, -0.15) is 0 Å². The molecule has 0 atom stereocenters. The van der Waals surface area contributed by atoms with Crippen molar-refractivity contribution in [3.05, 3.63) is 78.9 Å². The van der Waals surface area contributed by atoms with Gasteiger partial charge in [0.15, 0.2) is 0 Å². The van der Waals surface area contributed by atoms with Gasteiger partial charge >= 0.3 is 5.97 Å². The SMILES string of the molecule is CCC(=O)Oc1ccc(Oc2c(-c3cccc(OC)c3)ccc3cc(OC)ccc23)cc1. The van der Waals surface area contributed by atoms with Crippen LogP contribution < -0.4 is 18.9 Å². The second kappa shape index (κ2) is 9.43. The molecule has 0 heterocycles. The molecule has 4 aromatic rings. The molecule has 0 aromatic heterocycles. The molecule has 0 fully saturated rings. The van der Waals surface area contributed by atoms with Gasteiger partial charge in [-0.25, -0.2) is 0 Å². The molecule has 4 rings (SSSR count). The van der Waals surface area contributed by atoms with E-state index in [1.807, 2.05) is 54.6 Å². The normalized spacial score (nSPS) is 10.6. The predicted octanol–water partition coefficient (Wildman–Crippen LogP) is 6.63. The number of hydrogen-bond donors (Lipinski definition) is 0. The fourth-order valence-electron chi connectivity index (χ4n) is 3.43. The lowest BCUT2D eigenvalue weighted by Gasteiger charge is -2.16. The summed E-state index contributed by atoms with van der Waals surface area (Å²) in [5.41, 5.74) is 1.91. The molecular weight excluding hydrogens is 404 g/mol. The van der Waals surface area contributed by atoms with E-state index in [0.717, 1.165) is 39.1 Å². The first-order chi connectivity index (χ1) is 15.6. The maximum atomic E-state index is 11.5. The highest BCUT2D eigenvalue weighted by Crippen LogP contribution is 2.41. The third kappa shape index (κ3) is 4.52. The minimum atomic E-state index is -0.276. The molecule has 0 radical (unpaired) electrons. The summed E-state index contributed by atoms with van der Waals surface area (Å²) < 4.78 is 22.4. The first-order valence-corrected chi connectivity index (χ1v) is 10.3. The van der Waals surface area contributed by atoms with Gasteiger partial charge in [-0.3, -0.25) is 4.79 Å². The van der Waals surface area contributed by atoms with Gasteiger partial charge in [-0.1, -0.05) is 25.1 Å². The monoisotopic (exact) mass is 428 g/mol. The van der Waals surface area contributed by atoms with Crippen molar-refractivity contribution in [2.24, 2.45) is 0 Å². The van der Waals surface area contributed by atoms with Crippen LogP contribution in [0.5, 0.6) is 28.7 Å². The van der Waals surface area contributed by atoms with Crippen LogP contribution in [0.2, 0.25) is 0 Å². The summed E-state index contributed by atoms with van der Waals surface area (Å²) in [5.74, 6) is 3.11. The van der Waals surface area contributed by atoms with Crippen LogP contribution in [0.3, 0.4) is 0 Å². The summed E-state index contributed by atoms with van der Waals surface area (Å²) in [5, 5.41) is 1.95. The lowest BCUT2D eigenvalue weighted by atomic mass is 9.99. The molecule has 0 N–H and O–H groups in total. The lowest BCUT2D eigenvalue weighted by molar-refractivity contribution is -0.134. The average Bonchev–Trinajstić information content (AvgIpc) is 2.84. The van der Waals surface area contributed by atoms with E-state index in [1.54, 1.807) is 45.4 Å². The van der Waals surface area contributed by atoms with Crippen molar-refractivity contribution in [3.8, 4) is 39.9 Å². The van der Waals surface area contributed by atoms with Gasteiger partial charge in [-0.15, -0.1) is 0 Å². The van der Waals surface area contributed by atoms with Gasteiger partial charge in [0, 0.05) is 17.4 Å². The molecule has 0 bridgehead atoms. The molecule has 0 saturated carbocycles. The maximum absolute atomic E-state index is 11.5. The largest absolute Gasteiger partial charge is 0.497 e. The number of ether oxygens (including phenoxy) is 4. The fraction of sp³-hybridized carbons (Fsp3) is 0.148. The topological polar surface area (TPSA) is 54.0 Å². The van der Waals surface area contributed by atoms with E-state index in [9.17, 15) is 4.79 Å². The van der Waals surface area contributed by atoms with Gasteiger partial charge in [0.1, 0.15) is 28.7 Å². The Labute approximate surface area is 187 Å². The molecule has 0 spiro atoms. The summed E-state index contributed by atoms with van der Waals surface area (Å²) in [6.45, 7) is 1.76. The molecule has 0 aliphatic heterocycles. The zero-order chi connectivity index (χ0) is 22.5. The van der Waals surface area contributed by atoms with E-state index in [1.165, 1.54) is 0 Å². The summed E-state index contributed by atoms with van der Waals surface area (Å²) in [6.07, 6.45) is 0.321. The summed E-state index contributed by atoms with van der Waals surface area (Å²) in [6, 6.07) is 24.8. The number of carbonyl (C=O) groups is 1. The summed E-state index contributed by atoms with van der Waals surface area (Å²) in [7, 11) is 3.30. The minimum Gasteiger partial charge on any atom is -0.497 e. The first-order valence-electron chi connectivity index (χ1n) is 10.3. The number of fused-ring (bicyclic) bond motifs is 1. The van der Waals surface area contributed by atoms with E-state index in [4.69, 9.17) is 18.9 Å². The van der Waals surface area contributed by atoms with Crippen LogP contribution in [0.1, 0.15) is 13.3 Å². The number of carbonyl (C=O) groups excluding carboxylic acids is 1. The van der Waals surface area contributed by atoms with Crippen molar-refractivity contribution >= 4 is 16.7 Å². The number of methoxy groups -OCH3 is 2. The highest BCUT2D eigenvalue weighted by atomic mass is 16.5. The molecule has 4 aromatic carbocycles. The molecule has 162 valence electrons. The van der Waals surface area contributed by atoms with Crippen LogP contribution in [0.25, 0.3) is 21.9 Å². The van der Waals surface area contributed by atoms with Gasteiger partial charge in [0.2, 0.25) is 0 Å². The number of benzene rings is 4. The Balaban J connectivity index is 1.78. The number of esters is 1. The highest BCUT2D eigenvalue weighted by Gasteiger charge is 2.14. The van der Waals surface area contributed by atoms with E-state index >= 15 is 0 Å². The van der Waals surface area contributed by atoms with Gasteiger partial charge in [0.25, 0.3) is 0 Å². The van der Waals surface area contributed by atoms with E-state index in [-0.39, 0.29) is 5.97 Å². The molecule has 0 aliphatic carbocycles. The van der Waals surface area contributed by atoms with Crippen molar-refractivity contribution in [2.45, 2.75) is 13.3 Å². The summed E-state index contributed by atoms with van der Waals surface area (Å²) >= 11 is 0. The van der Waals surface area contributed by atoms with Gasteiger partial charge < -0.3 is 18.9 Å². The Morgan fingerprint density at radius 2 is 1.44 bits per heavy atom. The van der Waals surface area contributed by atoms with Crippen molar-refractivity contribution in [1.82, 2.24) is 0 Å². The van der Waals surface area contributed by atoms with Crippen LogP contribution in [0.4, 0.5) is 0 Å². The molecule has 0 saturated heterocycles. The van der Waals surface area contributed by atoms with Crippen LogP contribution in [-0.4, -0.2) is 20.2 Å². The number of rotatable bonds is 7. The molecule has 5 nitrogen and oxygen atoms in total. The van der Waals surface area contributed by atoms with Crippen molar-refractivity contribution in [1.29, 1.82) is 0 Å². The Hall–Kier alpha value is -3.99. The predicted molar refractivity (Wildman–Crippen MR) is 125 cm³/mol. The van der Waals surface area contributed by atoms with Crippen molar-refractivity contribution < 1.29 is 23.7 Å². The second-order valence-corrected chi connectivity index (χ2v) is 7.16. The van der Waals surface area contributed by atoms with Crippen LogP contribution in [-0.2, 0) is 4.79 Å². The molecule has 0 aliphatic rings. The van der Waals surface area contributed by atoms with E-state index < -0.39 is 0 Å². The Bertz CT molecular complexity index is 1240. The number of hydrogen-bond acceptors (Lipinski definition) is 5. The van der Waals surface area contributed by atoms with Crippen LogP contribution in [0.15, 0.2) is 78.9 Å². The standard InChI is InChI=1S/C27H24O5/c1-4-26(28)31-20-9-11-21(12-10-20)32-27-24(18-6-5-7-22(16-18)29-2)14-8-19-17-23(30-3)13-15-25(19)27/h5-17H,4H2,1-3H3. The average molecular weight is 428 g/mol.